The molecule has 1 unspecified atom stereocenters. The zero-order valence-corrected chi connectivity index (χ0v) is 14.1. The Hall–Kier alpha value is -1.75. The topological polar surface area (TPSA) is 51.0 Å². The maximum atomic E-state index is 9.88. The van der Waals surface area contributed by atoms with Gasteiger partial charge >= 0.3 is 0 Å². The summed E-state index contributed by atoms with van der Waals surface area (Å²) in [4.78, 5) is 4.18. The van der Waals surface area contributed by atoms with Crippen LogP contribution in [0.15, 0.2) is 47.5 Å². The molecule has 0 aliphatic carbocycles. The molecule has 0 bridgehead atoms. The molecular formula is C17H17Cl2NO3. The summed E-state index contributed by atoms with van der Waals surface area (Å²) in [6.45, 7) is 0.390. The fourth-order valence-corrected chi connectivity index (χ4v) is 2.10. The van der Waals surface area contributed by atoms with Gasteiger partial charge in [0.2, 0.25) is 0 Å². The first-order valence-corrected chi connectivity index (χ1v) is 7.74. The zero-order valence-electron chi connectivity index (χ0n) is 12.6. The second kappa shape index (κ2) is 8.77. The second-order valence-corrected chi connectivity index (χ2v) is 5.62. The van der Waals surface area contributed by atoms with Crippen LogP contribution in [-0.4, -0.2) is 37.7 Å². The molecule has 2 aromatic rings. The number of halogens is 2. The maximum absolute atomic E-state index is 9.88. The smallest absolute Gasteiger partial charge is 0.119 e. The monoisotopic (exact) mass is 353 g/mol. The minimum absolute atomic E-state index is 0.158. The van der Waals surface area contributed by atoms with E-state index in [2.05, 4.69) is 4.99 Å². The number of ether oxygens (including phenoxy) is 2. The van der Waals surface area contributed by atoms with Crippen molar-refractivity contribution in [3.05, 3.63) is 58.1 Å². The summed E-state index contributed by atoms with van der Waals surface area (Å²) in [5.74, 6) is 1.42. The first kappa shape index (κ1) is 17.6. The van der Waals surface area contributed by atoms with Gasteiger partial charge in [0, 0.05) is 6.21 Å². The zero-order chi connectivity index (χ0) is 16.7. The van der Waals surface area contributed by atoms with Crippen LogP contribution in [0, 0.1) is 0 Å². The summed E-state index contributed by atoms with van der Waals surface area (Å²) in [5, 5.41) is 10.8. The summed E-state index contributed by atoms with van der Waals surface area (Å²) in [6, 6.07) is 12.4. The lowest BCUT2D eigenvalue weighted by molar-refractivity contribution is 0.114. The minimum atomic E-state index is -0.698. The van der Waals surface area contributed by atoms with Crippen LogP contribution >= 0.6 is 23.2 Å². The van der Waals surface area contributed by atoms with Crippen molar-refractivity contribution in [1.29, 1.82) is 0 Å². The molecule has 1 N–H and O–H groups in total. The molecule has 6 heteroatoms. The van der Waals surface area contributed by atoms with Crippen molar-refractivity contribution in [3.8, 4) is 11.5 Å². The molecule has 0 radical (unpaired) electrons. The number of aliphatic hydroxyl groups excluding tert-OH is 1. The summed E-state index contributed by atoms with van der Waals surface area (Å²) in [7, 11) is 1.60. The van der Waals surface area contributed by atoms with Gasteiger partial charge in [0.15, 0.2) is 0 Å². The van der Waals surface area contributed by atoms with Gasteiger partial charge in [-0.2, -0.15) is 0 Å². The fraction of sp³-hybridized carbons (Fsp3) is 0.235. The van der Waals surface area contributed by atoms with Gasteiger partial charge in [-0.1, -0.05) is 29.3 Å². The van der Waals surface area contributed by atoms with Crippen LogP contribution < -0.4 is 9.47 Å². The van der Waals surface area contributed by atoms with Crippen molar-refractivity contribution in [3.63, 3.8) is 0 Å². The predicted octanol–water partition coefficient (Wildman–Crippen LogP) is 3.86. The van der Waals surface area contributed by atoms with Gasteiger partial charge in [0.05, 0.1) is 23.7 Å². The molecule has 0 spiro atoms. The first-order valence-electron chi connectivity index (χ1n) is 6.98. The van der Waals surface area contributed by atoms with Gasteiger partial charge in [-0.25, -0.2) is 0 Å². The highest BCUT2D eigenvalue weighted by Gasteiger charge is 2.04. The number of aliphatic hydroxyl groups is 1. The van der Waals surface area contributed by atoms with Crippen molar-refractivity contribution in [2.45, 2.75) is 6.10 Å². The van der Waals surface area contributed by atoms with E-state index in [4.69, 9.17) is 32.7 Å². The summed E-state index contributed by atoms with van der Waals surface area (Å²) in [5.41, 5.74) is 0.822. The van der Waals surface area contributed by atoms with Crippen LogP contribution in [0.5, 0.6) is 11.5 Å². The number of methoxy groups -OCH3 is 1. The molecule has 0 saturated heterocycles. The molecule has 0 amide bonds. The first-order chi connectivity index (χ1) is 11.1. The third kappa shape index (κ3) is 5.75. The Bertz CT molecular complexity index is 659. The van der Waals surface area contributed by atoms with Crippen LogP contribution in [0.2, 0.25) is 10.0 Å². The SMILES string of the molecule is COc1ccc(OCC(O)CN=Cc2ccc(Cl)c(Cl)c2)cc1. The van der Waals surface area contributed by atoms with Crippen molar-refractivity contribution in [2.24, 2.45) is 4.99 Å². The largest absolute Gasteiger partial charge is 0.497 e. The van der Waals surface area contributed by atoms with Gasteiger partial charge < -0.3 is 14.6 Å². The van der Waals surface area contributed by atoms with E-state index < -0.39 is 6.10 Å². The molecule has 1 atom stereocenters. The van der Waals surface area contributed by atoms with Crippen LogP contribution in [0.3, 0.4) is 0 Å². The number of nitrogens with zero attached hydrogens (tertiary/aromatic N) is 1. The number of benzene rings is 2. The van der Waals surface area contributed by atoms with Gasteiger partial charge in [-0.3, -0.25) is 4.99 Å². The van der Waals surface area contributed by atoms with Gasteiger partial charge in [0.1, 0.15) is 24.2 Å². The molecule has 0 saturated carbocycles. The lowest BCUT2D eigenvalue weighted by atomic mass is 10.2. The molecule has 2 rings (SSSR count). The lowest BCUT2D eigenvalue weighted by Crippen LogP contribution is -2.20. The van der Waals surface area contributed by atoms with Crippen molar-refractivity contribution >= 4 is 29.4 Å². The molecule has 122 valence electrons. The average Bonchev–Trinajstić information content (AvgIpc) is 2.56. The van der Waals surface area contributed by atoms with Crippen molar-refractivity contribution in [1.82, 2.24) is 0 Å². The molecule has 0 heterocycles. The normalized spacial score (nSPS) is 12.3. The molecular weight excluding hydrogens is 337 g/mol. The number of aliphatic imine (C=N–C) groups is 1. The molecule has 2 aromatic carbocycles. The van der Waals surface area contributed by atoms with E-state index in [0.717, 1.165) is 11.3 Å². The molecule has 0 aromatic heterocycles. The quantitative estimate of drug-likeness (QED) is 0.768. The van der Waals surface area contributed by atoms with E-state index in [1.54, 1.807) is 55.8 Å². The standard InChI is InChI=1S/C17H17Cl2NO3/c1-22-14-3-5-15(6-4-14)23-11-13(21)10-20-9-12-2-7-16(18)17(19)8-12/h2-9,13,21H,10-11H2,1H3. The average molecular weight is 354 g/mol. The predicted molar refractivity (Wildman–Crippen MR) is 93.4 cm³/mol. The van der Waals surface area contributed by atoms with E-state index in [-0.39, 0.29) is 13.2 Å². The Balaban J connectivity index is 1.78. The van der Waals surface area contributed by atoms with E-state index in [1.807, 2.05) is 0 Å². The Morgan fingerprint density at radius 2 is 1.78 bits per heavy atom. The molecule has 0 aliphatic rings. The summed E-state index contributed by atoms with van der Waals surface area (Å²) >= 11 is 11.8. The fourth-order valence-electron chi connectivity index (χ4n) is 1.79. The molecule has 0 aliphatic heterocycles. The van der Waals surface area contributed by atoms with Gasteiger partial charge in [-0.05, 0) is 42.0 Å². The summed E-state index contributed by atoms with van der Waals surface area (Å²) < 4.78 is 10.6. The van der Waals surface area contributed by atoms with Crippen LogP contribution in [0.1, 0.15) is 5.56 Å². The molecule has 23 heavy (non-hydrogen) atoms. The van der Waals surface area contributed by atoms with Crippen LogP contribution in [-0.2, 0) is 0 Å². The van der Waals surface area contributed by atoms with E-state index >= 15 is 0 Å². The van der Waals surface area contributed by atoms with Crippen LogP contribution in [0.4, 0.5) is 0 Å². The summed E-state index contributed by atoms with van der Waals surface area (Å²) in [6.07, 6.45) is 0.940. The van der Waals surface area contributed by atoms with E-state index in [9.17, 15) is 5.11 Å². The lowest BCUT2D eigenvalue weighted by Gasteiger charge is -2.10. The van der Waals surface area contributed by atoms with Gasteiger partial charge in [-0.15, -0.1) is 0 Å². The van der Waals surface area contributed by atoms with Gasteiger partial charge in [0.25, 0.3) is 0 Å². The Kier molecular flexibility index (Phi) is 6.71. The van der Waals surface area contributed by atoms with Crippen LogP contribution in [0.25, 0.3) is 0 Å². The molecule has 4 nitrogen and oxygen atoms in total. The Morgan fingerprint density at radius 1 is 1.09 bits per heavy atom. The van der Waals surface area contributed by atoms with Crippen molar-refractivity contribution < 1.29 is 14.6 Å². The number of hydrogen-bond acceptors (Lipinski definition) is 4. The number of rotatable bonds is 7. The highest BCUT2D eigenvalue weighted by atomic mass is 35.5. The molecule has 0 fully saturated rings. The minimum Gasteiger partial charge on any atom is -0.497 e. The third-order valence-corrected chi connectivity index (χ3v) is 3.74. The van der Waals surface area contributed by atoms with E-state index in [1.165, 1.54) is 0 Å². The third-order valence-electron chi connectivity index (χ3n) is 3.00. The van der Waals surface area contributed by atoms with Crippen molar-refractivity contribution in [2.75, 3.05) is 20.3 Å². The van der Waals surface area contributed by atoms with E-state index in [0.29, 0.717) is 15.8 Å². The highest BCUT2D eigenvalue weighted by molar-refractivity contribution is 6.42. The highest BCUT2D eigenvalue weighted by Crippen LogP contribution is 2.21. The number of hydrogen-bond donors (Lipinski definition) is 1. The Labute approximate surface area is 145 Å². The second-order valence-electron chi connectivity index (χ2n) is 4.81. The maximum Gasteiger partial charge on any atom is 0.119 e. The Morgan fingerprint density at radius 3 is 2.43 bits per heavy atom.